The number of nitrogen functional groups attached to an aromatic ring is 1. The number of hydrogen-bond acceptors (Lipinski definition) is 16. The fourth-order valence-corrected chi connectivity index (χ4v) is 7.15. The van der Waals surface area contributed by atoms with E-state index in [1.54, 1.807) is 19.2 Å². The molecule has 2 aliphatic rings. The van der Waals surface area contributed by atoms with Crippen LogP contribution >= 0.6 is 34.9 Å². The minimum Gasteiger partial charge on any atom is -0.481 e. The number of carboxylic acids is 2. The van der Waals surface area contributed by atoms with Crippen LogP contribution in [0.4, 0.5) is 5.13 Å². The van der Waals surface area contributed by atoms with E-state index in [0.29, 0.717) is 0 Å². The summed E-state index contributed by atoms with van der Waals surface area (Å²) in [4.78, 5) is 65.3. The zero-order chi connectivity index (χ0) is 30.6. The number of carbonyl (C=O) groups excluding carboxylic acids is 2. The highest BCUT2D eigenvalue weighted by molar-refractivity contribution is 8.00. The van der Waals surface area contributed by atoms with Gasteiger partial charge in [-0.15, -0.1) is 28.2 Å². The maximum Gasteiger partial charge on any atom is 0.355 e. The molecule has 2 unspecified atom stereocenters. The largest absolute Gasteiger partial charge is 0.481 e. The van der Waals surface area contributed by atoms with Crippen molar-refractivity contribution in [1.29, 1.82) is 0 Å². The van der Waals surface area contributed by atoms with Crippen molar-refractivity contribution in [3.05, 3.63) is 11.1 Å². The number of nitrogens with one attached hydrogen (secondary N) is 1. The Balaban J connectivity index is 1.43. The zero-order valence-corrected chi connectivity index (χ0v) is 24.8. The van der Waals surface area contributed by atoms with Gasteiger partial charge >= 0.3 is 11.9 Å². The molecule has 0 aromatic carbocycles. The number of aliphatic carboxylic acids is 2. The van der Waals surface area contributed by atoms with E-state index >= 15 is 0 Å². The minimum atomic E-state index is -1.38. The fraction of sp³-hybridized carbons (Fsp3) is 0.524. The van der Waals surface area contributed by atoms with Gasteiger partial charge in [-0.2, -0.15) is 0 Å². The van der Waals surface area contributed by atoms with E-state index in [4.69, 9.17) is 10.6 Å². The predicted molar refractivity (Wildman–Crippen MR) is 150 cm³/mol. The van der Waals surface area contributed by atoms with Gasteiger partial charge < -0.3 is 35.8 Å². The monoisotopic (exact) mass is 642 g/mol. The quantitative estimate of drug-likeness (QED) is 0.0902. The Hall–Kier alpha value is -3.98. The molecular formula is C21H26N10O8S3. The van der Waals surface area contributed by atoms with Crippen LogP contribution in [0.15, 0.2) is 20.8 Å². The number of hydrogen-bond donors (Lipinski definition) is 4. The molecule has 2 aromatic rings. The average molecular weight is 643 g/mol. The highest BCUT2D eigenvalue weighted by atomic mass is 32.2. The molecule has 4 heterocycles. The molecule has 2 aliphatic heterocycles. The summed E-state index contributed by atoms with van der Waals surface area (Å²) in [6.07, 6.45) is -0.317. The van der Waals surface area contributed by atoms with E-state index in [2.05, 4.69) is 41.0 Å². The maximum atomic E-state index is 13.1. The predicted octanol–water partition coefficient (Wildman–Crippen LogP) is -0.809. The lowest BCUT2D eigenvalue weighted by Gasteiger charge is -2.53. The Labute approximate surface area is 250 Å². The van der Waals surface area contributed by atoms with Crippen LogP contribution in [-0.2, 0) is 35.4 Å². The molecule has 0 bridgehead atoms. The highest BCUT2D eigenvalue weighted by Crippen LogP contribution is 2.44. The van der Waals surface area contributed by atoms with Crippen molar-refractivity contribution in [3.63, 3.8) is 0 Å². The molecule has 226 valence electrons. The molecule has 2 fully saturated rings. The first kappa shape index (κ1) is 31.0. The molecule has 0 saturated carbocycles. The molecule has 2 amide bonds. The first-order valence-electron chi connectivity index (χ1n) is 12.1. The number of nitrogens with two attached hydrogens (primary N) is 1. The van der Waals surface area contributed by atoms with Crippen molar-refractivity contribution in [2.45, 2.75) is 43.1 Å². The highest BCUT2D eigenvalue weighted by Gasteiger charge is 2.57. The second-order valence-electron chi connectivity index (χ2n) is 9.30. The van der Waals surface area contributed by atoms with Gasteiger partial charge in [-0.25, -0.2) is 14.5 Å². The van der Waals surface area contributed by atoms with E-state index < -0.39 is 40.6 Å². The van der Waals surface area contributed by atoms with Crippen LogP contribution in [0.1, 0.15) is 19.5 Å². The summed E-state index contributed by atoms with van der Waals surface area (Å²) >= 11 is 3.33. The molecule has 4 rings (SSSR count). The number of aromatic nitrogens is 5. The number of rotatable bonds is 13. The summed E-state index contributed by atoms with van der Waals surface area (Å²) in [5.41, 5.74) is 4.02. The number of carbonyl (C=O) groups is 4. The Morgan fingerprint density at radius 1 is 1.33 bits per heavy atom. The van der Waals surface area contributed by atoms with Crippen molar-refractivity contribution in [2.24, 2.45) is 15.7 Å². The third-order valence-electron chi connectivity index (χ3n) is 5.94. The van der Waals surface area contributed by atoms with E-state index in [1.165, 1.54) is 23.8 Å². The summed E-state index contributed by atoms with van der Waals surface area (Å²) in [7, 11) is 1.20. The molecule has 0 spiro atoms. The average Bonchev–Trinajstić information content (AvgIpc) is 3.58. The fourth-order valence-electron chi connectivity index (χ4n) is 3.86. The second-order valence-corrected chi connectivity index (χ2v) is 12.2. The van der Waals surface area contributed by atoms with Crippen LogP contribution in [0, 0.1) is 5.41 Å². The number of thioether (sulfide) groups is 2. The van der Waals surface area contributed by atoms with Crippen molar-refractivity contribution in [1.82, 2.24) is 35.4 Å². The van der Waals surface area contributed by atoms with Crippen LogP contribution in [-0.4, -0.2) is 118 Å². The topological polar surface area (TPSA) is 250 Å². The lowest BCUT2D eigenvalue weighted by atomic mass is 9.89. The zero-order valence-electron chi connectivity index (χ0n) is 22.4. The van der Waals surface area contributed by atoms with Crippen LogP contribution in [0.2, 0.25) is 0 Å². The third kappa shape index (κ3) is 6.57. The normalized spacial score (nSPS) is 22.4. The standard InChI is InChI=1S/C21H26N10O8S3/c1-9(2)39-27-12(11-5-40-19(22)23-11)14(32)24-13-15(33)30-6-21(18(36)37,7-41-16(13)30)8-42-20-25-28-29-31(20)4-10(17(34)35)26-38-3/h5,9,13,16H,4,6-8H2,1-3H3,(H2,22,23)(H,24,32)(H,34,35)(H,36,37)/t13?,16-,21?/m1/s1. The second kappa shape index (κ2) is 12.9. The van der Waals surface area contributed by atoms with Gasteiger partial charge in [0.15, 0.2) is 16.6 Å². The molecule has 2 saturated heterocycles. The smallest absolute Gasteiger partial charge is 0.355 e. The first-order chi connectivity index (χ1) is 20.0. The van der Waals surface area contributed by atoms with Gasteiger partial charge in [0.2, 0.25) is 11.1 Å². The van der Waals surface area contributed by atoms with Gasteiger partial charge in [-0.3, -0.25) is 14.4 Å². The Morgan fingerprint density at radius 2 is 2.10 bits per heavy atom. The number of nitrogens with zero attached hydrogens (tertiary/aromatic N) is 8. The number of anilines is 1. The third-order valence-corrected chi connectivity index (χ3v) is 9.45. The molecule has 42 heavy (non-hydrogen) atoms. The van der Waals surface area contributed by atoms with Gasteiger partial charge in [0.25, 0.3) is 5.91 Å². The number of β-lactam (4-membered cyclic amide) rings is 1. The van der Waals surface area contributed by atoms with E-state index in [-0.39, 0.29) is 58.1 Å². The van der Waals surface area contributed by atoms with Crippen LogP contribution < -0.4 is 11.1 Å². The van der Waals surface area contributed by atoms with Crippen molar-refractivity contribution in [2.75, 3.05) is 30.9 Å². The lowest BCUT2D eigenvalue weighted by Crippen LogP contribution is -2.74. The Morgan fingerprint density at radius 3 is 2.71 bits per heavy atom. The van der Waals surface area contributed by atoms with Crippen molar-refractivity contribution in [3.8, 4) is 0 Å². The molecule has 3 atom stereocenters. The van der Waals surface area contributed by atoms with E-state index in [9.17, 15) is 29.4 Å². The van der Waals surface area contributed by atoms with Crippen molar-refractivity contribution >= 4 is 75.2 Å². The Kier molecular flexibility index (Phi) is 9.51. The lowest BCUT2D eigenvalue weighted by molar-refractivity contribution is -0.157. The molecule has 5 N–H and O–H groups in total. The Bertz CT molecular complexity index is 1430. The van der Waals surface area contributed by atoms with E-state index in [1.807, 2.05) is 0 Å². The maximum absolute atomic E-state index is 13.1. The summed E-state index contributed by atoms with van der Waals surface area (Å²) < 4.78 is 1.16. The van der Waals surface area contributed by atoms with Gasteiger partial charge in [0.05, 0.1) is 6.54 Å². The van der Waals surface area contributed by atoms with Gasteiger partial charge in [-0.1, -0.05) is 22.1 Å². The number of oxime groups is 2. The number of tetrazole rings is 1. The summed E-state index contributed by atoms with van der Waals surface area (Å²) in [6.45, 7) is 3.03. The molecule has 18 nitrogen and oxygen atoms in total. The number of carboxylic acid groups (broad SMARTS) is 2. The van der Waals surface area contributed by atoms with Crippen LogP contribution in [0.5, 0.6) is 0 Å². The summed E-state index contributed by atoms with van der Waals surface area (Å²) in [5, 5.41) is 42.0. The summed E-state index contributed by atoms with van der Waals surface area (Å²) in [6, 6.07) is -0.913. The molecule has 21 heteroatoms. The minimum absolute atomic E-state index is 0.0261. The first-order valence-corrected chi connectivity index (χ1v) is 15.0. The number of thiazole rings is 1. The number of fused-ring (bicyclic) bond motifs is 1. The van der Waals surface area contributed by atoms with Gasteiger partial charge in [-0.05, 0) is 24.3 Å². The van der Waals surface area contributed by atoms with Crippen molar-refractivity contribution < 1.29 is 39.1 Å². The van der Waals surface area contributed by atoms with Gasteiger partial charge in [0, 0.05) is 23.4 Å². The molecule has 0 radical (unpaired) electrons. The molecule has 2 aromatic heterocycles. The summed E-state index contributed by atoms with van der Waals surface area (Å²) in [5.74, 6) is -3.52. The molecular weight excluding hydrogens is 616 g/mol. The van der Waals surface area contributed by atoms with E-state index in [0.717, 1.165) is 27.8 Å². The number of amides is 2. The molecule has 0 aliphatic carbocycles. The van der Waals surface area contributed by atoms with Gasteiger partial charge in [0.1, 0.15) is 35.7 Å². The SMILES string of the molecule is CON=C(Cn1nnnc1SCC1(C(=O)O)CS[C@@H]2C(NC(=O)C(=NOC(C)C)c3csc(N)n3)C(=O)N2C1)C(=O)O. The van der Waals surface area contributed by atoms with Crippen LogP contribution in [0.25, 0.3) is 0 Å². The van der Waals surface area contributed by atoms with Crippen LogP contribution in [0.3, 0.4) is 0 Å².